The minimum Gasteiger partial charge on any atom is -0.481 e. The van der Waals surface area contributed by atoms with Gasteiger partial charge in [-0.15, -0.1) is 11.3 Å². The average molecular weight is 341 g/mol. The van der Waals surface area contributed by atoms with Crippen LogP contribution in [0.2, 0.25) is 0 Å². The molecule has 2 heterocycles. The number of hydrogen-bond acceptors (Lipinski definition) is 5. The number of carbonyl (C=O) groups excluding carboxylic acids is 1. The molecule has 0 aliphatic heterocycles. The third-order valence-corrected chi connectivity index (χ3v) is 4.00. The second-order valence-corrected chi connectivity index (χ2v) is 5.78. The van der Waals surface area contributed by atoms with Gasteiger partial charge in [0.05, 0.1) is 12.8 Å². The predicted molar refractivity (Wildman–Crippen MR) is 97.8 cm³/mol. The van der Waals surface area contributed by atoms with Crippen LogP contribution in [0.3, 0.4) is 0 Å². The maximum atomic E-state index is 12.2. The molecule has 1 amide bonds. The van der Waals surface area contributed by atoms with Gasteiger partial charge < -0.3 is 4.74 Å². The number of anilines is 1. The highest BCUT2D eigenvalue weighted by molar-refractivity contribution is 7.14. The molecule has 0 atom stereocenters. The standard InChI is InChI=1S/C17H15N3O2S.CH4/c1-11-6-8-12(9-7-11)14-10-23-17(19-14)20-16(21)13-4-3-5-15(18-13)22-2;/h3-10H,1-2H3,(H,19,20,21);1H4. The zero-order valence-electron chi connectivity index (χ0n) is 12.7. The monoisotopic (exact) mass is 341 g/mol. The first-order chi connectivity index (χ1) is 11.2. The number of methoxy groups -OCH3 is 1. The first kappa shape index (κ1) is 17.6. The Morgan fingerprint density at radius 2 is 1.88 bits per heavy atom. The van der Waals surface area contributed by atoms with Crippen molar-refractivity contribution in [2.75, 3.05) is 12.4 Å². The summed E-state index contributed by atoms with van der Waals surface area (Å²) < 4.78 is 5.02. The summed E-state index contributed by atoms with van der Waals surface area (Å²) in [5.41, 5.74) is 3.34. The summed E-state index contributed by atoms with van der Waals surface area (Å²) in [6.07, 6.45) is 0. The smallest absolute Gasteiger partial charge is 0.276 e. The van der Waals surface area contributed by atoms with E-state index in [2.05, 4.69) is 15.3 Å². The van der Waals surface area contributed by atoms with Gasteiger partial charge in [0.2, 0.25) is 5.88 Å². The van der Waals surface area contributed by atoms with Gasteiger partial charge in [-0.3, -0.25) is 10.1 Å². The Morgan fingerprint density at radius 3 is 2.58 bits per heavy atom. The Morgan fingerprint density at radius 1 is 1.12 bits per heavy atom. The van der Waals surface area contributed by atoms with Crippen molar-refractivity contribution >= 4 is 22.4 Å². The van der Waals surface area contributed by atoms with Crippen molar-refractivity contribution in [2.24, 2.45) is 0 Å². The summed E-state index contributed by atoms with van der Waals surface area (Å²) in [6.45, 7) is 2.04. The first-order valence-electron chi connectivity index (χ1n) is 7.00. The molecule has 0 unspecified atom stereocenters. The maximum absolute atomic E-state index is 12.2. The fraction of sp³-hybridized carbons (Fsp3) is 0.167. The minimum atomic E-state index is -0.311. The number of aromatic nitrogens is 2. The molecule has 0 fully saturated rings. The minimum absolute atomic E-state index is 0. The van der Waals surface area contributed by atoms with Crippen LogP contribution in [0.4, 0.5) is 5.13 Å². The van der Waals surface area contributed by atoms with Gasteiger partial charge in [0, 0.05) is 17.0 Å². The lowest BCUT2D eigenvalue weighted by Crippen LogP contribution is -2.13. The van der Waals surface area contributed by atoms with E-state index in [-0.39, 0.29) is 19.0 Å². The summed E-state index contributed by atoms with van der Waals surface area (Å²) in [5, 5.41) is 5.21. The topological polar surface area (TPSA) is 64.1 Å². The van der Waals surface area contributed by atoms with Gasteiger partial charge in [0.25, 0.3) is 5.91 Å². The molecule has 5 nitrogen and oxygen atoms in total. The van der Waals surface area contributed by atoms with E-state index in [0.29, 0.717) is 11.0 Å². The molecule has 0 saturated heterocycles. The van der Waals surface area contributed by atoms with E-state index in [0.717, 1.165) is 11.3 Å². The summed E-state index contributed by atoms with van der Waals surface area (Å²) in [5.74, 6) is 0.0887. The molecule has 2 aromatic heterocycles. The van der Waals surface area contributed by atoms with E-state index >= 15 is 0 Å². The second-order valence-electron chi connectivity index (χ2n) is 4.92. The van der Waals surface area contributed by atoms with Gasteiger partial charge in [-0.05, 0) is 13.0 Å². The number of aryl methyl sites for hydroxylation is 1. The van der Waals surface area contributed by atoms with E-state index in [1.807, 2.05) is 36.6 Å². The number of amides is 1. The molecule has 3 aromatic rings. The normalized spacial score (nSPS) is 9.92. The molecular formula is C18H19N3O2S. The van der Waals surface area contributed by atoms with Gasteiger partial charge in [0.15, 0.2) is 5.13 Å². The van der Waals surface area contributed by atoms with E-state index < -0.39 is 0 Å². The van der Waals surface area contributed by atoms with Gasteiger partial charge >= 0.3 is 0 Å². The molecule has 0 bridgehead atoms. The van der Waals surface area contributed by atoms with Crippen LogP contribution in [0, 0.1) is 6.92 Å². The molecule has 1 N–H and O–H groups in total. The second kappa shape index (κ2) is 7.70. The lowest BCUT2D eigenvalue weighted by Gasteiger charge is -2.03. The van der Waals surface area contributed by atoms with Gasteiger partial charge in [-0.25, -0.2) is 9.97 Å². The molecule has 0 radical (unpaired) electrons. The van der Waals surface area contributed by atoms with Crippen LogP contribution < -0.4 is 10.1 Å². The molecule has 24 heavy (non-hydrogen) atoms. The Balaban J connectivity index is 0.00000208. The Labute approximate surface area is 145 Å². The number of carbonyl (C=O) groups is 1. The Bertz CT molecular complexity index is 828. The number of pyridine rings is 1. The van der Waals surface area contributed by atoms with Crippen molar-refractivity contribution in [2.45, 2.75) is 14.4 Å². The molecule has 0 aliphatic rings. The summed E-state index contributed by atoms with van der Waals surface area (Å²) in [4.78, 5) is 20.8. The average Bonchev–Trinajstić information content (AvgIpc) is 3.04. The van der Waals surface area contributed by atoms with Crippen molar-refractivity contribution in [3.8, 4) is 17.1 Å². The van der Waals surface area contributed by atoms with Crippen molar-refractivity contribution in [1.82, 2.24) is 9.97 Å². The van der Waals surface area contributed by atoms with Crippen molar-refractivity contribution in [3.05, 3.63) is 59.1 Å². The molecule has 0 spiro atoms. The quantitative estimate of drug-likeness (QED) is 0.763. The summed E-state index contributed by atoms with van der Waals surface area (Å²) in [6, 6.07) is 13.1. The molecule has 0 saturated carbocycles. The fourth-order valence-corrected chi connectivity index (χ4v) is 2.72. The first-order valence-corrected chi connectivity index (χ1v) is 7.88. The number of hydrogen-bond donors (Lipinski definition) is 1. The largest absolute Gasteiger partial charge is 0.481 e. The number of ether oxygens (including phenoxy) is 1. The highest BCUT2D eigenvalue weighted by Crippen LogP contribution is 2.25. The van der Waals surface area contributed by atoms with Crippen LogP contribution in [0.1, 0.15) is 23.5 Å². The molecular weight excluding hydrogens is 322 g/mol. The SMILES string of the molecule is C.COc1cccc(C(=O)Nc2nc(-c3ccc(C)cc3)cs2)n1. The number of benzene rings is 1. The molecule has 3 rings (SSSR count). The van der Waals surface area contributed by atoms with E-state index in [1.165, 1.54) is 24.0 Å². The predicted octanol–water partition coefficient (Wildman–Crippen LogP) is 4.41. The van der Waals surface area contributed by atoms with Gasteiger partial charge in [0.1, 0.15) is 5.69 Å². The van der Waals surface area contributed by atoms with Crippen LogP contribution in [0.15, 0.2) is 47.8 Å². The molecule has 6 heteroatoms. The fourth-order valence-electron chi connectivity index (χ4n) is 2.00. The highest BCUT2D eigenvalue weighted by Gasteiger charge is 2.12. The van der Waals surface area contributed by atoms with Gasteiger partial charge in [-0.2, -0.15) is 0 Å². The van der Waals surface area contributed by atoms with Crippen LogP contribution in [-0.2, 0) is 0 Å². The van der Waals surface area contributed by atoms with Gasteiger partial charge in [-0.1, -0.05) is 43.3 Å². The lowest BCUT2D eigenvalue weighted by atomic mass is 10.1. The third kappa shape index (κ3) is 3.97. The van der Waals surface area contributed by atoms with Crippen molar-refractivity contribution < 1.29 is 9.53 Å². The van der Waals surface area contributed by atoms with Crippen LogP contribution >= 0.6 is 11.3 Å². The zero-order chi connectivity index (χ0) is 16.2. The van der Waals surface area contributed by atoms with Crippen LogP contribution in [0.25, 0.3) is 11.3 Å². The molecule has 0 aliphatic carbocycles. The van der Waals surface area contributed by atoms with E-state index in [9.17, 15) is 4.79 Å². The zero-order valence-corrected chi connectivity index (χ0v) is 13.6. The summed E-state index contributed by atoms with van der Waals surface area (Å²) >= 11 is 1.38. The van der Waals surface area contributed by atoms with Crippen molar-refractivity contribution in [3.63, 3.8) is 0 Å². The number of nitrogens with zero attached hydrogens (tertiary/aromatic N) is 2. The Hall–Kier alpha value is -2.73. The van der Waals surface area contributed by atoms with E-state index in [1.54, 1.807) is 18.2 Å². The maximum Gasteiger partial charge on any atom is 0.276 e. The third-order valence-electron chi connectivity index (χ3n) is 3.24. The Kier molecular flexibility index (Phi) is 5.65. The number of nitrogens with one attached hydrogen (secondary N) is 1. The highest BCUT2D eigenvalue weighted by atomic mass is 32.1. The summed E-state index contributed by atoms with van der Waals surface area (Å²) in [7, 11) is 1.51. The molecule has 1 aromatic carbocycles. The number of thiazole rings is 1. The van der Waals surface area contributed by atoms with Crippen LogP contribution in [0.5, 0.6) is 5.88 Å². The van der Waals surface area contributed by atoms with E-state index in [4.69, 9.17) is 4.74 Å². The molecule has 124 valence electrons. The number of rotatable bonds is 4. The van der Waals surface area contributed by atoms with Crippen LogP contribution in [-0.4, -0.2) is 23.0 Å². The lowest BCUT2D eigenvalue weighted by molar-refractivity contribution is 0.102. The van der Waals surface area contributed by atoms with Crippen molar-refractivity contribution in [1.29, 1.82) is 0 Å².